The lowest BCUT2D eigenvalue weighted by atomic mass is 10.3. The minimum Gasteiger partial charge on any atom is -0.393 e. The van der Waals surface area contributed by atoms with E-state index in [-0.39, 0.29) is 5.56 Å². The highest BCUT2D eigenvalue weighted by molar-refractivity contribution is 5.41. The van der Waals surface area contributed by atoms with E-state index in [1.165, 1.54) is 4.68 Å². The SMILES string of the molecule is CCc1c(N)c(=O)n(C)n1C. The molecule has 0 fully saturated rings. The highest BCUT2D eigenvalue weighted by Gasteiger charge is 2.09. The quantitative estimate of drug-likeness (QED) is 0.614. The van der Waals surface area contributed by atoms with Crippen LogP contribution in [0.4, 0.5) is 5.69 Å². The molecule has 0 aliphatic carbocycles. The zero-order chi connectivity index (χ0) is 8.59. The first-order chi connectivity index (χ1) is 5.09. The van der Waals surface area contributed by atoms with Crippen molar-refractivity contribution in [3.05, 3.63) is 16.0 Å². The van der Waals surface area contributed by atoms with Crippen LogP contribution < -0.4 is 11.3 Å². The Morgan fingerprint density at radius 2 is 1.91 bits per heavy atom. The van der Waals surface area contributed by atoms with Crippen molar-refractivity contribution in [1.82, 2.24) is 9.36 Å². The van der Waals surface area contributed by atoms with Crippen LogP contribution in [0.3, 0.4) is 0 Å². The van der Waals surface area contributed by atoms with Crippen LogP contribution in [0.2, 0.25) is 0 Å². The third kappa shape index (κ3) is 0.943. The van der Waals surface area contributed by atoms with Crippen LogP contribution in [-0.2, 0) is 20.5 Å². The molecule has 1 heterocycles. The minimum absolute atomic E-state index is 0.107. The summed E-state index contributed by atoms with van der Waals surface area (Å²) in [7, 11) is 3.54. The molecule has 0 saturated heterocycles. The van der Waals surface area contributed by atoms with Crippen LogP contribution in [0, 0.1) is 0 Å². The predicted molar refractivity (Wildman–Crippen MR) is 44.4 cm³/mol. The second kappa shape index (κ2) is 2.45. The number of nitrogens with two attached hydrogens (primary N) is 1. The monoisotopic (exact) mass is 155 g/mol. The van der Waals surface area contributed by atoms with E-state index < -0.39 is 0 Å². The molecular weight excluding hydrogens is 142 g/mol. The smallest absolute Gasteiger partial charge is 0.289 e. The van der Waals surface area contributed by atoms with Gasteiger partial charge in [-0.25, -0.2) is 0 Å². The Labute approximate surface area is 65.2 Å². The minimum atomic E-state index is -0.107. The number of nitrogens with zero attached hydrogens (tertiary/aromatic N) is 2. The van der Waals surface area contributed by atoms with E-state index in [0.717, 1.165) is 12.1 Å². The van der Waals surface area contributed by atoms with Gasteiger partial charge in [-0.3, -0.25) is 14.2 Å². The maximum Gasteiger partial charge on any atom is 0.289 e. The molecule has 4 heteroatoms. The summed E-state index contributed by atoms with van der Waals surface area (Å²) < 4.78 is 3.28. The summed E-state index contributed by atoms with van der Waals surface area (Å²) in [6, 6.07) is 0. The van der Waals surface area contributed by atoms with E-state index in [1.807, 2.05) is 14.0 Å². The highest BCUT2D eigenvalue weighted by Crippen LogP contribution is 2.05. The fourth-order valence-electron chi connectivity index (χ4n) is 1.21. The summed E-state index contributed by atoms with van der Waals surface area (Å²) in [4.78, 5) is 11.2. The third-order valence-corrected chi connectivity index (χ3v) is 2.01. The summed E-state index contributed by atoms with van der Waals surface area (Å²) >= 11 is 0. The van der Waals surface area contributed by atoms with Gasteiger partial charge in [0.25, 0.3) is 5.56 Å². The third-order valence-electron chi connectivity index (χ3n) is 2.01. The van der Waals surface area contributed by atoms with Crippen LogP contribution in [0.5, 0.6) is 0 Å². The van der Waals surface area contributed by atoms with Crippen molar-refractivity contribution in [3.63, 3.8) is 0 Å². The second-order valence-corrected chi connectivity index (χ2v) is 2.57. The van der Waals surface area contributed by atoms with Crippen molar-refractivity contribution >= 4 is 5.69 Å². The summed E-state index contributed by atoms with van der Waals surface area (Å²) in [6.07, 6.45) is 0.790. The molecule has 1 aromatic rings. The number of hydrogen-bond donors (Lipinski definition) is 1. The number of anilines is 1. The number of rotatable bonds is 1. The number of aromatic nitrogens is 2. The molecular formula is C7H13N3O. The summed E-state index contributed by atoms with van der Waals surface area (Å²) in [5.74, 6) is 0. The summed E-state index contributed by atoms with van der Waals surface area (Å²) in [5.41, 5.74) is 6.73. The summed E-state index contributed by atoms with van der Waals surface area (Å²) in [6.45, 7) is 1.98. The Balaban J connectivity index is 3.48. The van der Waals surface area contributed by atoms with Gasteiger partial charge >= 0.3 is 0 Å². The molecule has 0 atom stereocenters. The Kier molecular flexibility index (Phi) is 1.76. The van der Waals surface area contributed by atoms with Gasteiger partial charge in [0.15, 0.2) is 0 Å². The molecule has 4 nitrogen and oxygen atoms in total. The predicted octanol–water partition coefficient (Wildman–Crippen LogP) is -0.132. The number of hydrogen-bond acceptors (Lipinski definition) is 2. The van der Waals surface area contributed by atoms with Crippen molar-refractivity contribution < 1.29 is 0 Å². The molecule has 1 aromatic heterocycles. The van der Waals surface area contributed by atoms with Crippen LogP contribution >= 0.6 is 0 Å². The average molecular weight is 155 g/mol. The highest BCUT2D eigenvalue weighted by atomic mass is 16.1. The van der Waals surface area contributed by atoms with E-state index in [1.54, 1.807) is 11.7 Å². The fraction of sp³-hybridized carbons (Fsp3) is 0.571. The molecule has 0 amide bonds. The Morgan fingerprint density at radius 1 is 1.36 bits per heavy atom. The molecule has 0 aliphatic rings. The van der Waals surface area contributed by atoms with E-state index in [0.29, 0.717) is 5.69 Å². The fourth-order valence-corrected chi connectivity index (χ4v) is 1.21. The van der Waals surface area contributed by atoms with Gasteiger partial charge < -0.3 is 5.73 Å². The lowest BCUT2D eigenvalue weighted by Gasteiger charge is -2.01. The van der Waals surface area contributed by atoms with Gasteiger partial charge in [-0.05, 0) is 6.42 Å². The van der Waals surface area contributed by atoms with Crippen LogP contribution in [0.15, 0.2) is 4.79 Å². The van der Waals surface area contributed by atoms with Gasteiger partial charge in [-0.2, -0.15) is 0 Å². The Morgan fingerprint density at radius 3 is 2.09 bits per heavy atom. The van der Waals surface area contributed by atoms with E-state index in [4.69, 9.17) is 5.73 Å². The average Bonchev–Trinajstić information content (AvgIpc) is 2.17. The largest absolute Gasteiger partial charge is 0.393 e. The van der Waals surface area contributed by atoms with Crippen molar-refractivity contribution in [2.45, 2.75) is 13.3 Å². The molecule has 2 N–H and O–H groups in total. The topological polar surface area (TPSA) is 53.0 Å². The van der Waals surface area contributed by atoms with Crippen molar-refractivity contribution in [2.75, 3.05) is 5.73 Å². The van der Waals surface area contributed by atoms with Crippen molar-refractivity contribution in [3.8, 4) is 0 Å². The molecule has 1 rings (SSSR count). The van der Waals surface area contributed by atoms with Crippen molar-refractivity contribution in [1.29, 1.82) is 0 Å². The maximum atomic E-state index is 11.2. The molecule has 0 saturated carbocycles. The number of nitrogen functional groups attached to an aromatic ring is 1. The van der Waals surface area contributed by atoms with E-state index in [2.05, 4.69) is 0 Å². The van der Waals surface area contributed by atoms with Crippen LogP contribution in [-0.4, -0.2) is 9.36 Å². The first-order valence-electron chi connectivity index (χ1n) is 3.60. The lowest BCUT2D eigenvalue weighted by Crippen LogP contribution is -2.18. The Hall–Kier alpha value is -1.19. The van der Waals surface area contributed by atoms with Crippen LogP contribution in [0.1, 0.15) is 12.6 Å². The first kappa shape index (κ1) is 7.91. The molecule has 0 unspecified atom stereocenters. The molecule has 0 aliphatic heterocycles. The molecule has 0 radical (unpaired) electrons. The standard InChI is InChI=1S/C7H13N3O/c1-4-5-6(8)7(11)10(3)9(5)2/h4,8H2,1-3H3. The zero-order valence-electron chi connectivity index (χ0n) is 7.09. The lowest BCUT2D eigenvalue weighted by molar-refractivity contribution is 0.559. The zero-order valence-corrected chi connectivity index (χ0v) is 7.09. The van der Waals surface area contributed by atoms with Gasteiger partial charge in [0.2, 0.25) is 0 Å². The van der Waals surface area contributed by atoms with E-state index >= 15 is 0 Å². The van der Waals surface area contributed by atoms with E-state index in [9.17, 15) is 4.79 Å². The molecule has 0 bridgehead atoms. The normalized spacial score (nSPS) is 10.5. The van der Waals surface area contributed by atoms with Gasteiger partial charge in [-0.1, -0.05) is 6.92 Å². The van der Waals surface area contributed by atoms with Crippen molar-refractivity contribution in [2.24, 2.45) is 14.1 Å². The van der Waals surface area contributed by atoms with Gasteiger partial charge in [0, 0.05) is 14.1 Å². The van der Waals surface area contributed by atoms with Crippen LogP contribution in [0.25, 0.3) is 0 Å². The Bertz CT molecular complexity index is 321. The molecule has 0 aromatic carbocycles. The molecule has 0 spiro atoms. The van der Waals surface area contributed by atoms with Gasteiger partial charge in [-0.15, -0.1) is 0 Å². The maximum absolute atomic E-state index is 11.2. The molecule has 11 heavy (non-hydrogen) atoms. The van der Waals surface area contributed by atoms with Gasteiger partial charge in [0.05, 0.1) is 5.69 Å². The van der Waals surface area contributed by atoms with Gasteiger partial charge in [0.1, 0.15) is 5.69 Å². The summed E-state index contributed by atoms with van der Waals surface area (Å²) in [5, 5.41) is 0. The molecule has 62 valence electrons. The first-order valence-corrected chi connectivity index (χ1v) is 3.60. The second-order valence-electron chi connectivity index (χ2n) is 2.57.